The third-order valence-electron chi connectivity index (χ3n) is 5.92. The summed E-state index contributed by atoms with van der Waals surface area (Å²) in [5.41, 5.74) is 0.510. The van der Waals surface area contributed by atoms with Gasteiger partial charge in [-0.2, -0.15) is 0 Å². The van der Waals surface area contributed by atoms with Gasteiger partial charge < -0.3 is 10.2 Å². The molecule has 0 radical (unpaired) electrons. The summed E-state index contributed by atoms with van der Waals surface area (Å²) in [7, 11) is -3.41. The molecule has 0 spiro atoms. The third-order valence-corrected chi connectivity index (χ3v) is 8.12. The van der Waals surface area contributed by atoms with Gasteiger partial charge in [-0.25, -0.2) is 8.42 Å². The molecule has 2 heterocycles. The van der Waals surface area contributed by atoms with E-state index >= 15 is 0 Å². The first-order valence-corrected chi connectivity index (χ1v) is 11.4. The van der Waals surface area contributed by atoms with Crippen LogP contribution in [0.5, 0.6) is 0 Å². The van der Waals surface area contributed by atoms with Crippen molar-refractivity contribution < 1.29 is 18.0 Å². The van der Waals surface area contributed by atoms with Crippen LogP contribution in [-0.4, -0.2) is 49.0 Å². The van der Waals surface area contributed by atoms with E-state index in [-0.39, 0.29) is 30.4 Å². The molecule has 0 aromatic heterocycles. The number of nitrogens with one attached hydrogen (secondary N) is 1. The number of sulfone groups is 1. The number of benzene rings is 2. The fraction of sp³-hybridized carbons (Fsp3) is 0.364. The molecule has 2 aromatic rings. The second-order valence-electron chi connectivity index (χ2n) is 7.69. The summed E-state index contributed by atoms with van der Waals surface area (Å²) in [6.07, 6.45) is 2.52. The van der Waals surface area contributed by atoms with E-state index in [2.05, 4.69) is 5.32 Å². The summed E-state index contributed by atoms with van der Waals surface area (Å²) in [6, 6.07) is 17.1. The zero-order chi connectivity index (χ0) is 20.4. The van der Waals surface area contributed by atoms with Crippen LogP contribution in [0.2, 0.25) is 0 Å². The Labute approximate surface area is 170 Å². The molecule has 0 aliphatic carbocycles. The molecule has 0 saturated carbocycles. The minimum atomic E-state index is -3.41. The molecular weight excluding hydrogens is 388 g/mol. The minimum Gasteiger partial charge on any atom is -0.343 e. The van der Waals surface area contributed by atoms with Crippen molar-refractivity contribution in [3.05, 3.63) is 66.2 Å². The first-order chi connectivity index (χ1) is 14.0. The lowest BCUT2D eigenvalue weighted by Crippen LogP contribution is -2.52. The van der Waals surface area contributed by atoms with Crippen LogP contribution in [0.25, 0.3) is 0 Å². The Morgan fingerprint density at radius 2 is 1.45 bits per heavy atom. The van der Waals surface area contributed by atoms with Gasteiger partial charge in [-0.3, -0.25) is 9.59 Å². The molecule has 2 amide bonds. The quantitative estimate of drug-likeness (QED) is 0.818. The fourth-order valence-corrected chi connectivity index (χ4v) is 6.40. The Kier molecular flexibility index (Phi) is 5.41. The Morgan fingerprint density at radius 3 is 2.03 bits per heavy atom. The van der Waals surface area contributed by atoms with Gasteiger partial charge in [0.15, 0.2) is 9.84 Å². The first-order valence-electron chi connectivity index (χ1n) is 9.90. The van der Waals surface area contributed by atoms with Gasteiger partial charge in [0, 0.05) is 17.6 Å². The summed E-state index contributed by atoms with van der Waals surface area (Å²) in [6.45, 7) is -0.0726. The van der Waals surface area contributed by atoms with Crippen LogP contribution in [0.3, 0.4) is 0 Å². The van der Waals surface area contributed by atoms with Crippen LogP contribution in [0, 0.1) is 0 Å². The second kappa shape index (κ2) is 7.99. The van der Waals surface area contributed by atoms with Crippen molar-refractivity contribution in [2.75, 3.05) is 6.54 Å². The summed E-state index contributed by atoms with van der Waals surface area (Å²) in [5, 5.41) is 2.22. The van der Waals surface area contributed by atoms with Crippen LogP contribution in [0.15, 0.2) is 65.6 Å². The Balaban J connectivity index is 1.40. The minimum absolute atomic E-state index is 0.0726. The highest BCUT2D eigenvalue weighted by Gasteiger charge is 2.46. The van der Waals surface area contributed by atoms with Gasteiger partial charge in [0.05, 0.1) is 16.7 Å². The molecule has 2 aliphatic heterocycles. The number of amides is 2. The van der Waals surface area contributed by atoms with E-state index in [9.17, 15) is 18.0 Å². The van der Waals surface area contributed by atoms with Crippen LogP contribution in [0.1, 0.15) is 36.0 Å². The molecule has 152 valence electrons. The van der Waals surface area contributed by atoms with Crippen molar-refractivity contribution in [1.82, 2.24) is 10.2 Å². The normalized spacial score (nSPS) is 23.6. The molecule has 2 aliphatic rings. The van der Waals surface area contributed by atoms with Crippen molar-refractivity contribution in [1.29, 1.82) is 0 Å². The number of hydrogen-bond donors (Lipinski definition) is 1. The zero-order valence-corrected chi connectivity index (χ0v) is 16.8. The molecule has 6 nitrogen and oxygen atoms in total. The van der Waals surface area contributed by atoms with Crippen molar-refractivity contribution >= 4 is 21.7 Å². The van der Waals surface area contributed by atoms with Crippen molar-refractivity contribution in [3.63, 3.8) is 0 Å². The molecule has 2 fully saturated rings. The Morgan fingerprint density at radius 1 is 0.897 bits per heavy atom. The van der Waals surface area contributed by atoms with Gasteiger partial charge in [0.1, 0.15) is 0 Å². The molecule has 7 heteroatoms. The second-order valence-corrected chi connectivity index (χ2v) is 9.91. The van der Waals surface area contributed by atoms with Gasteiger partial charge in [-0.1, -0.05) is 36.4 Å². The largest absolute Gasteiger partial charge is 0.343 e. The van der Waals surface area contributed by atoms with E-state index in [1.54, 1.807) is 54.6 Å². The van der Waals surface area contributed by atoms with Crippen LogP contribution in [-0.2, 0) is 14.6 Å². The Hall–Kier alpha value is -2.67. The highest BCUT2D eigenvalue weighted by molar-refractivity contribution is 7.92. The van der Waals surface area contributed by atoms with Gasteiger partial charge in [0.2, 0.25) is 5.91 Å². The van der Waals surface area contributed by atoms with E-state index in [1.807, 2.05) is 11.0 Å². The Bertz CT molecular complexity index is 978. The van der Waals surface area contributed by atoms with E-state index in [0.29, 0.717) is 23.3 Å². The van der Waals surface area contributed by atoms with Crippen molar-refractivity contribution in [3.8, 4) is 0 Å². The van der Waals surface area contributed by atoms with E-state index in [4.69, 9.17) is 0 Å². The predicted molar refractivity (Wildman–Crippen MR) is 109 cm³/mol. The number of piperidine rings is 1. The molecular formula is C22H24N2O4S. The zero-order valence-electron chi connectivity index (χ0n) is 16.0. The monoisotopic (exact) mass is 412 g/mol. The lowest BCUT2D eigenvalue weighted by Gasteiger charge is -2.38. The summed E-state index contributed by atoms with van der Waals surface area (Å²) >= 11 is 0. The van der Waals surface area contributed by atoms with E-state index in [1.165, 1.54) is 0 Å². The average molecular weight is 413 g/mol. The number of hydrogen-bond acceptors (Lipinski definition) is 4. The lowest BCUT2D eigenvalue weighted by atomic mass is 10.0. The van der Waals surface area contributed by atoms with E-state index < -0.39 is 15.1 Å². The van der Waals surface area contributed by atoms with Gasteiger partial charge >= 0.3 is 0 Å². The van der Waals surface area contributed by atoms with Crippen LogP contribution in [0.4, 0.5) is 0 Å². The number of nitrogens with zero attached hydrogens (tertiary/aromatic N) is 1. The topological polar surface area (TPSA) is 83.6 Å². The SMILES string of the molecule is O=C(NCC(=O)N1C2CCC1CC(S(=O)(=O)c1ccccc1)C2)c1ccccc1. The maximum Gasteiger partial charge on any atom is 0.251 e. The van der Waals surface area contributed by atoms with Crippen molar-refractivity contribution in [2.45, 2.75) is 47.9 Å². The van der Waals surface area contributed by atoms with Crippen LogP contribution < -0.4 is 5.32 Å². The molecule has 2 unspecified atom stereocenters. The first kappa shape index (κ1) is 19.6. The number of rotatable bonds is 5. The fourth-order valence-electron chi connectivity index (χ4n) is 4.53. The summed E-state index contributed by atoms with van der Waals surface area (Å²) in [4.78, 5) is 27.1. The van der Waals surface area contributed by atoms with Gasteiger partial charge in [-0.05, 0) is 49.9 Å². The van der Waals surface area contributed by atoms with E-state index in [0.717, 1.165) is 12.8 Å². The maximum absolute atomic E-state index is 13.0. The number of carbonyl (C=O) groups excluding carboxylic acids is 2. The van der Waals surface area contributed by atoms with Gasteiger partial charge in [-0.15, -0.1) is 0 Å². The number of carbonyl (C=O) groups is 2. The molecule has 2 aromatic carbocycles. The van der Waals surface area contributed by atoms with Crippen molar-refractivity contribution in [2.24, 2.45) is 0 Å². The third kappa shape index (κ3) is 3.92. The smallest absolute Gasteiger partial charge is 0.251 e. The van der Waals surface area contributed by atoms with Gasteiger partial charge in [0.25, 0.3) is 5.91 Å². The van der Waals surface area contributed by atoms with Crippen LogP contribution >= 0.6 is 0 Å². The standard InChI is InChI=1S/C22H24N2O4S/c25-21(15-23-22(26)16-7-3-1-4-8-16)24-17-11-12-18(24)14-20(13-17)29(27,28)19-9-5-2-6-10-19/h1-10,17-18,20H,11-15H2,(H,23,26). The summed E-state index contributed by atoms with van der Waals surface area (Å²) in [5.74, 6) is -0.426. The molecule has 1 N–H and O–H groups in total. The summed E-state index contributed by atoms with van der Waals surface area (Å²) < 4.78 is 26.0. The highest BCUT2D eigenvalue weighted by Crippen LogP contribution is 2.39. The molecule has 4 rings (SSSR count). The molecule has 2 bridgehead atoms. The molecule has 2 saturated heterocycles. The predicted octanol–water partition coefficient (Wildman–Crippen LogP) is 2.41. The number of fused-ring (bicyclic) bond motifs is 2. The maximum atomic E-state index is 13.0. The average Bonchev–Trinajstić information content (AvgIpc) is 3.02. The molecule has 2 atom stereocenters. The lowest BCUT2D eigenvalue weighted by molar-refractivity contribution is -0.134. The molecule has 29 heavy (non-hydrogen) atoms. The highest BCUT2D eigenvalue weighted by atomic mass is 32.2.